The fourth-order valence-electron chi connectivity index (χ4n) is 3.42. The van der Waals surface area contributed by atoms with Crippen molar-refractivity contribution in [2.75, 3.05) is 17.5 Å². The van der Waals surface area contributed by atoms with Crippen molar-refractivity contribution in [2.24, 2.45) is 5.14 Å². The number of anilines is 1. The van der Waals surface area contributed by atoms with Crippen molar-refractivity contribution < 1.29 is 26.3 Å². The summed E-state index contributed by atoms with van der Waals surface area (Å²) in [6.45, 7) is 2.55. The summed E-state index contributed by atoms with van der Waals surface area (Å²) in [5, 5.41) is 5.18. The number of ether oxygens (including phenoxy) is 2. The Morgan fingerprint density at radius 2 is 1.63 bits per heavy atom. The minimum absolute atomic E-state index is 0.0352. The number of nitrogens with zero attached hydrogens (tertiary/aromatic N) is 1. The molecule has 2 N–H and O–H groups in total. The van der Waals surface area contributed by atoms with Crippen molar-refractivity contribution >= 4 is 25.7 Å². The Kier molecular flexibility index (Phi) is 4.09. The van der Waals surface area contributed by atoms with Gasteiger partial charge in [-0.3, -0.25) is 4.31 Å². The van der Waals surface area contributed by atoms with E-state index in [0.29, 0.717) is 42.4 Å². The topological polar surface area (TPSA) is 116 Å². The molecule has 4 rings (SSSR count). The van der Waals surface area contributed by atoms with E-state index in [-0.39, 0.29) is 15.8 Å². The van der Waals surface area contributed by atoms with Gasteiger partial charge in [-0.05, 0) is 49.2 Å². The molecule has 0 bridgehead atoms. The standard InChI is InChI=1S/C17H18N2O6S2/c1-11-8-12-9-13(26(18,20)21)2-4-15(12)19(11)27(22,23)14-3-5-16-17(10-14)25-7-6-24-16/h2-5,9-11H,6-8H2,1H3,(H2,18,20,21)/t11-/m0/s1. The number of sulfonamides is 2. The Hall–Kier alpha value is -2.30. The number of primary sulfonamides is 1. The summed E-state index contributed by atoms with van der Waals surface area (Å²) >= 11 is 0. The van der Waals surface area contributed by atoms with Gasteiger partial charge in [0.05, 0.1) is 15.5 Å². The Bertz CT molecular complexity index is 1130. The van der Waals surface area contributed by atoms with Gasteiger partial charge in [-0.1, -0.05) is 0 Å². The summed E-state index contributed by atoms with van der Waals surface area (Å²) in [6, 6.07) is 8.37. The van der Waals surface area contributed by atoms with Crippen molar-refractivity contribution in [1.82, 2.24) is 0 Å². The van der Waals surface area contributed by atoms with Crippen LogP contribution in [0.5, 0.6) is 11.5 Å². The van der Waals surface area contributed by atoms with Crippen molar-refractivity contribution in [3.63, 3.8) is 0 Å². The lowest BCUT2D eigenvalue weighted by Gasteiger charge is -2.25. The summed E-state index contributed by atoms with van der Waals surface area (Å²) in [6.07, 6.45) is 0.391. The monoisotopic (exact) mass is 410 g/mol. The minimum Gasteiger partial charge on any atom is -0.486 e. The Balaban J connectivity index is 1.77. The molecule has 0 aliphatic carbocycles. The van der Waals surface area contributed by atoms with E-state index in [4.69, 9.17) is 14.6 Å². The van der Waals surface area contributed by atoms with E-state index in [9.17, 15) is 16.8 Å². The van der Waals surface area contributed by atoms with Gasteiger partial charge in [0.1, 0.15) is 13.2 Å². The van der Waals surface area contributed by atoms with Crippen LogP contribution in [-0.4, -0.2) is 36.1 Å². The molecule has 1 atom stereocenters. The summed E-state index contributed by atoms with van der Waals surface area (Å²) in [5.74, 6) is 0.895. The Labute approximate surface area is 157 Å². The van der Waals surface area contributed by atoms with E-state index in [2.05, 4.69) is 0 Å². The SMILES string of the molecule is C[C@H]1Cc2cc(S(N)(=O)=O)ccc2N1S(=O)(=O)c1ccc2c(c1)OCCO2. The molecule has 0 unspecified atom stereocenters. The summed E-state index contributed by atoms with van der Waals surface area (Å²) in [5.41, 5.74) is 1.07. The van der Waals surface area contributed by atoms with Crippen LogP contribution in [0.3, 0.4) is 0 Å². The lowest BCUT2D eigenvalue weighted by atomic mass is 10.1. The predicted molar refractivity (Wildman–Crippen MR) is 98.1 cm³/mol. The van der Waals surface area contributed by atoms with Crippen LogP contribution >= 0.6 is 0 Å². The average molecular weight is 410 g/mol. The van der Waals surface area contributed by atoms with E-state index in [1.165, 1.54) is 34.6 Å². The molecule has 27 heavy (non-hydrogen) atoms. The zero-order valence-corrected chi connectivity index (χ0v) is 16.1. The molecular weight excluding hydrogens is 392 g/mol. The minimum atomic E-state index is -3.87. The molecule has 0 radical (unpaired) electrons. The molecule has 8 nitrogen and oxygen atoms in total. The van der Waals surface area contributed by atoms with Crippen LogP contribution in [-0.2, 0) is 26.5 Å². The van der Waals surface area contributed by atoms with Crippen LogP contribution in [0.4, 0.5) is 5.69 Å². The molecule has 0 saturated heterocycles. The van der Waals surface area contributed by atoms with E-state index in [1.54, 1.807) is 13.0 Å². The molecule has 144 valence electrons. The summed E-state index contributed by atoms with van der Waals surface area (Å²) < 4.78 is 61.9. The van der Waals surface area contributed by atoms with Crippen LogP contribution in [0.2, 0.25) is 0 Å². The molecule has 0 fully saturated rings. The molecule has 0 saturated carbocycles. The highest BCUT2D eigenvalue weighted by Crippen LogP contribution is 2.39. The van der Waals surface area contributed by atoms with Crippen LogP contribution < -0.4 is 18.9 Å². The van der Waals surface area contributed by atoms with Gasteiger partial charge >= 0.3 is 0 Å². The van der Waals surface area contributed by atoms with Crippen molar-refractivity contribution in [2.45, 2.75) is 29.2 Å². The molecule has 2 aliphatic rings. The molecule has 2 aliphatic heterocycles. The number of fused-ring (bicyclic) bond motifs is 2. The van der Waals surface area contributed by atoms with Gasteiger partial charge in [-0.15, -0.1) is 0 Å². The number of rotatable bonds is 3. The van der Waals surface area contributed by atoms with Gasteiger partial charge in [0.15, 0.2) is 11.5 Å². The van der Waals surface area contributed by atoms with Gasteiger partial charge < -0.3 is 9.47 Å². The van der Waals surface area contributed by atoms with E-state index in [1.807, 2.05) is 0 Å². The van der Waals surface area contributed by atoms with E-state index in [0.717, 1.165) is 0 Å². The first-order valence-corrected chi connectivity index (χ1v) is 11.3. The van der Waals surface area contributed by atoms with Crippen LogP contribution in [0.25, 0.3) is 0 Å². The van der Waals surface area contributed by atoms with Gasteiger partial charge in [-0.2, -0.15) is 0 Å². The highest BCUT2D eigenvalue weighted by molar-refractivity contribution is 7.93. The third-order valence-electron chi connectivity index (χ3n) is 4.60. The van der Waals surface area contributed by atoms with Crippen LogP contribution in [0.1, 0.15) is 12.5 Å². The van der Waals surface area contributed by atoms with E-state index < -0.39 is 20.0 Å². The van der Waals surface area contributed by atoms with Crippen LogP contribution in [0, 0.1) is 0 Å². The quantitative estimate of drug-likeness (QED) is 0.814. The zero-order valence-electron chi connectivity index (χ0n) is 14.5. The first-order chi connectivity index (χ1) is 12.7. The first-order valence-electron chi connectivity index (χ1n) is 8.28. The maximum atomic E-state index is 13.3. The smallest absolute Gasteiger partial charge is 0.264 e. The second-order valence-corrected chi connectivity index (χ2v) is 9.87. The van der Waals surface area contributed by atoms with Crippen molar-refractivity contribution in [1.29, 1.82) is 0 Å². The lowest BCUT2D eigenvalue weighted by molar-refractivity contribution is 0.171. The predicted octanol–water partition coefficient (Wildman–Crippen LogP) is 1.25. The van der Waals surface area contributed by atoms with Gasteiger partial charge in [0, 0.05) is 12.1 Å². The molecule has 2 aromatic carbocycles. The van der Waals surface area contributed by atoms with Crippen molar-refractivity contribution in [3.8, 4) is 11.5 Å². The molecule has 2 heterocycles. The van der Waals surface area contributed by atoms with E-state index >= 15 is 0 Å². The maximum Gasteiger partial charge on any atom is 0.264 e. The van der Waals surface area contributed by atoms with Gasteiger partial charge in [0.2, 0.25) is 10.0 Å². The highest BCUT2D eigenvalue weighted by atomic mass is 32.2. The van der Waals surface area contributed by atoms with Crippen molar-refractivity contribution in [3.05, 3.63) is 42.0 Å². The van der Waals surface area contributed by atoms with Crippen LogP contribution in [0.15, 0.2) is 46.2 Å². The number of hydrogen-bond acceptors (Lipinski definition) is 6. The maximum absolute atomic E-state index is 13.3. The highest BCUT2D eigenvalue weighted by Gasteiger charge is 2.37. The Morgan fingerprint density at radius 1 is 0.963 bits per heavy atom. The van der Waals surface area contributed by atoms with Gasteiger partial charge in [0.25, 0.3) is 10.0 Å². The molecule has 2 aromatic rings. The second kappa shape index (κ2) is 6.11. The Morgan fingerprint density at radius 3 is 2.33 bits per heavy atom. The largest absolute Gasteiger partial charge is 0.486 e. The second-order valence-electron chi connectivity index (χ2n) is 6.50. The normalized spacial score (nSPS) is 19.0. The zero-order chi connectivity index (χ0) is 19.4. The van der Waals surface area contributed by atoms with Gasteiger partial charge in [-0.25, -0.2) is 22.0 Å². The lowest BCUT2D eigenvalue weighted by Crippen LogP contribution is -2.35. The molecule has 0 amide bonds. The summed E-state index contributed by atoms with van der Waals surface area (Å²) in [7, 11) is -7.72. The first kappa shape index (κ1) is 18.1. The molecule has 0 aromatic heterocycles. The fraction of sp³-hybridized carbons (Fsp3) is 0.294. The average Bonchev–Trinajstić information content (AvgIpc) is 2.96. The number of hydrogen-bond donors (Lipinski definition) is 1. The number of benzene rings is 2. The molecule has 0 spiro atoms. The number of nitrogens with two attached hydrogens (primary N) is 1. The third-order valence-corrected chi connectivity index (χ3v) is 7.44. The fourth-order valence-corrected chi connectivity index (χ4v) is 5.69. The molecule has 10 heteroatoms. The molecular formula is C17H18N2O6S2. The third kappa shape index (κ3) is 3.03. The summed E-state index contributed by atoms with van der Waals surface area (Å²) in [4.78, 5) is 0.0500.